The van der Waals surface area contributed by atoms with Crippen molar-refractivity contribution in [1.29, 1.82) is 0 Å². The van der Waals surface area contributed by atoms with Crippen molar-refractivity contribution in [2.75, 3.05) is 0 Å². The van der Waals surface area contributed by atoms with Crippen LogP contribution in [-0.2, 0) is 16.4 Å². The summed E-state index contributed by atoms with van der Waals surface area (Å²) < 4.78 is 0. The molecule has 0 rings (SSSR count). The van der Waals surface area contributed by atoms with Crippen LogP contribution in [-0.4, -0.2) is 31.3 Å². The van der Waals surface area contributed by atoms with E-state index in [1.807, 2.05) is 0 Å². The van der Waals surface area contributed by atoms with Crippen LogP contribution in [0.2, 0.25) is 0 Å². The first-order valence-electron chi connectivity index (χ1n) is 2.19. The maximum atomic E-state index is 8.25. The molecule has 0 unspecified atom stereocenters. The third kappa shape index (κ3) is 1190. The Morgan fingerprint density at radius 3 is 0.409 bits per heavy atom. The van der Waals surface area contributed by atoms with Gasteiger partial charge in [0.25, 0.3) is 0 Å². The average molecular weight is 573 g/mol. The standard InChI is InChI=1S/4NO3.5H2O.Th/c4*2-1(3)4;;;;;;/h;;;;5*1H2;/q4*-1;;;;;;+4/p+3. The topological polar surface area (TPSA) is 427 Å². The predicted molar refractivity (Wildman–Crippen MR) is 63.3 cm³/mol. The van der Waals surface area contributed by atoms with E-state index < -0.39 is 20.3 Å². The summed E-state index contributed by atoms with van der Waals surface area (Å²) in [4.78, 5) is 33.0. The molecule has 22 heavy (non-hydrogen) atoms. The Hall–Kier alpha value is -2.08. The van der Waals surface area contributed by atoms with Gasteiger partial charge in [-0.25, -0.2) is 0 Å². The number of nitrogens with zero attached hydrogens (tertiary/aromatic N) is 4. The molecule has 22 heteroatoms. The zero-order chi connectivity index (χ0) is 14.3. The van der Waals surface area contributed by atoms with Gasteiger partial charge in [-0.3, -0.25) is 0 Å². The van der Waals surface area contributed by atoms with Crippen LogP contribution < -0.4 is 0 Å². The summed E-state index contributed by atoms with van der Waals surface area (Å²) in [5, 5.41) is 59.0. The summed E-state index contributed by atoms with van der Waals surface area (Å²) in [6.45, 7) is 0. The molecule has 0 aromatic carbocycles. The molecule has 0 aromatic heterocycles. The minimum atomic E-state index is -1.75. The van der Waals surface area contributed by atoms with Crippen molar-refractivity contribution in [1.82, 2.24) is 0 Å². The van der Waals surface area contributed by atoms with Gasteiger partial charge in [0.1, 0.15) is 0 Å². The van der Waals surface area contributed by atoms with Gasteiger partial charge in [-0.05, 0) is 0 Å². The summed E-state index contributed by atoms with van der Waals surface area (Å²) in [5.41, 5.74) is 0. The molecule has 0 bridgehead atoms. The molecule has 0 amide bonds. The van der Waals surface area contributed by atoms with Crippen LogP contribution in [0, 0.1) is 101 Å². The van der Waals surface area contributed by atoms with E-state index in [4.69, 9.17) is 61.3 Å². The largest absolute Gasteiger partial charge is 4.00 e. The zero-order valence-corrected chi connectivity index (χ0v) is 14.0. The second-order valence-corrected chi connectivity index (χ2v) is 0.894. The van der Waals surface area contributed by atoms with Crippen molar-refractivity contribution in [3.63, 3.8) is 0 Å². The van der Waals surface area contributed by atoms with Gasteiger partial charge in [0.2, 0.25) is 0 Å². The first-order valence-corrected chi connectivity index (χ1v) is 2.19. The average Bonchev–Trinajstić information content (AvgIpc) is 1.76. The molecular formula is H13N4O17Th+3. The summed E-state index contributed by atoms with van der Waals surface area (Å²) in [7, 11) is 0. The molecule has 0 heterocycles. The van der Waals surface area contributed by atoms with Crippen LogP contribution in [0.5, 0.6) is 0 Å². The predicted octanol–water partition coefficient (Wildman–Crippen LogP) is -5.37. The van der Waals surface area contributed by atoms with E-state index in [1.165, 1.54) is 0 Å². The minimum absolute atomic E-state index is 0. The molecular weight excluding hydrogens is 560 g/mol. The Kier molecular flexibility index (Phi) is 203. The third-order valence-corrected chi connectivity index (χ3v) is 0. The maximum Gasteiger partial charge on any atom is 4.00 e. The van der Waals surface area contributed by atoms with Gasteiger partial charge >= 0.3 is 39.9 Å². The van der Waals surface area contributed by atoms with Crippen molar-refractivity contribution >= 4 is 0 Å². The zero-order valence-electron chi connectivity index (χ0n) is 9.92. The van der Waals surface area contributed by atoms with E-state index in [-0.39, 0.29) is 67.3 Å². The van der Waals surface area contributed by atoms with Crippen molar-refractivity contribution in [2.45, 2.75) is 0 Å². The van der Waals surface area contributed by atoms with E-state index >= 15 is 0 Å². The van der Waals surface area contributed by atoms with E-state index in [2.05, 4.69) is 0 Å². The summed E-state index contributed by atoms with van der Waals surface area (Å²) in [5.74, 6) is 0. The molecule has 0 aromatic rings. The molecule has 0 saturated carbocycles. The molecule has 0 aliphatic heterocycles. The van der Waals surface area contributed by atoms with Crippen molar-refractivity contribution < 1.29 is 87.7 Å². The van der Waals surface area contributed by atoms with Crippen LogP contribution >= 0.6 is 0 Å². The molecule has 0 aliphatic carbocycles. The van der Waals surface area contributed by atoms with Crippen LogP contribution in [0.1, 0.15) is 0 Å². The normalized spacial score (nSPS) is 4.36. The first kappa shape index (κ1) is 72.4. The van der Waals surface area contributed by atoms with Gasteiger partial charge in [-0.15, -0.1) is 0 Å². The molecule has 0 aliphatic rings. The summed E-state index contributed by atoms with van der Waals surface area (Å²) >= 11 is 0. The van der Waals surface area contributed by atoms with E-state index in [0.717, 1.165) is 0 Å². The minimum Gasteiger partial charge on any atom is -0.457 e. The van der Waals surface area contributed by atoms with Crippen molar-refractivity contribution in [3.05, 3.63) is 61.3 Å². The molecule has 0 atom stereocenters. The van der Waals surface area contributed by atoms with Gasteiger partial charge in [0.05, 0.1) is 20.3 Å². The Labute approximate surface area is 149 Å². The Balaban J connectivity index is -0.00000001000. The SMILES string of the molecule is O.O.O=[N+]([O-])[O-].O=[N+]([O-])[O-].O=[N+]([O-])[O-].O=[N+]([O-])[O-].[OH3+].[OH3+].[OH3+].[Th+4]. The molecule has 13 N–H and O–H groups in total. The summed E-state index contributed by atoms with van der Waals surface area (Å²) in [6.07, 6.45) is 0. The Bertz CT molecular complexity index is 161. The van der Waals surface area contributed by atoms with Crippen molar-refractivity contribution in [2.24, 2.45) is 0 Å². The van der Waals surface area contributed by atoms with Gasteiger partial charge in [-0.1, -0.05) is 0 Å². The Morgan fingerprint density at radius 2 is 0.409 bits per heavy atom. The maximum absolute atomic E-state index is 8.25. The van der Waals surface area contributed by atoms with Crippen LogP contribution in [0.3, 0.4) is 0 Å². The molecule has 0 saturated heterocycles. The first-order chi connectivity index (χ1) is 6.93. The van der Waals surface area contributed by atoms with E-state index in [0.29, 0.717) is 0 Å². The van der Waals surface area contributed by atoms with Crippen LogP contribution in [0.25, 0.3) is 0 Å². The Morgan fingerprint density at radius 1 is 0.409 bits per heavy atom. The number of hydrogen-bond acceptors (Lipinski definition) is 12. The molecule has 21 nitrogen and oxygen atoms in total. The van der Waals surface area contributed by atoms with E-state index in [9.17, 15) is 0 Å². The van der Waals surface area contributed by atoms with Gasteiger partial charge in [0.15, 0.2) is 0 Å². The monoisotopic (exact) mass is 573 g/mol. The molecule has 0 radical (unpaired) electrons. The number of hydrogen-bond donors (Lipinski definition) is 0. The van der Waals surface area contributed by atoms with Gasteiger partial charge in [0, 0.05) is 0 Å². The van der Waals surface area contributed by atoms with Crippen molar-refractivity contribution in [3.8, 4) is 0 Å². The third-order valence-electron chi connectivity index (χ3n) is 0. The van der Waals surface area contributed by atoms with E-state index in [1.54, 1.807) is 0 Å². The van der Waals surface area contributed by atoms with Gasteiger partial charge < -0.3 is 88.7 Å². The van der Waals surface area contributed by atoms with Gasteiger partial charge in [-0.2, -0.15) is 0 Å². The van der Waals surface area contributed by atoms with Crippen LogP contribution in [0.4, 0.5) is 0 Å². The second kappa shape index (κ2) is 61.7. The fraction of sp³-hybridized carbons (Fsp3) is 0. The number of rotatable bonds is 0. The van der Waals surface area contributed by atoms with Crippen LogP contribution in [0.15, 0.2) is 0 Å². The summed E-state index contributed by atoms with van der Waals surface area (Å²) in [6, 6.07) is 0. The molecule has 0 spiro atoms. The fourth-order valence-electron chi connectivity index (χ4n) is 0. The molecule has 136 valence electrons. The second-order valence-electron chi connectivity index (χ2n) is 0.894. The smallest absolute Gasteiger partial charge is 0.457 e. The quantitative estimate of drug-likeness (QED) is 0.149. The molecule has 0 fully saturated rings. The fourth-order valence-corrected chi connectivity index (χ4v) is 0.